The maximum Gasteiger partial charge on any atom is 0.391 e. The number of rotatable bonds is 5. The molecule has 2 nitrogen and oxygen atoms in total. The zero-order chi connectivity index (χ0) is 16.2. The first-order valence-electron chi connectivity index (χ1n) is 8.08. The summed E-state index contributed by atoms with van der Waals surface area (Å²) in [5.41, 5.74) is 3.29. The molecule has 1 aromatic carbocycles. The molecule has 0 aliphatic carbocycles. The summed E-state index contributed by atoms with van der Waals surface area (Å²) in [6.45, 7) is 6.11. The van der Waals surface area contributed by atoms with E-state index in [1.165, 1.54) is 0 Å². The number of anilines is 2. The van der Waals surface area contributed by atoms with E-state index in [-0.39, 0.29) is 12.8 Å². The van der Waals surface area contributed by atoms with Crippen molar-refractivity contribution in [2.75, 3.05) is 29.9 Å². The van der Waals surface area contributed by atoms with Crippen LogP contribution in [0.3, 0.4) is 0 Å². The number of unbranched alkanes of at least 4 members (excludes halogenated alkanes) is 1. The van der Waals surface area contributed by atoms with Crippen molar-refractivity contribution in [1.29, 1.82) is 0 Å². The van der Waals surface area contributed by atoms with Crippen LogP contribution in [0.5, 0.6) is 0 Å². The van der Waals surface area contributed by atoms with Crippen LogP contribution in [-0.2, 0) is 0 Å². The number of piperidine rings is 1. The number of hydrogen-bond donors (Lipinski definition) is 1. The van der Waals surface area contributed by atoms with E-state index in [4.69, 9.17) is 0 Å². The summed E-state index contributed by atoms with van der Waals surface area (Å²) in [5, 5.41) is 3.40. The van der Waals surface area contributed by atoms with Gasteiger partial charge in [-0.05, 0) is 49.9 Å². The zero-order valence-electron chi connectivity index (χ0n) is 13.3. The van der Waals surface area contributed by atoms with Crippen molar-refractivity contribution in [2.24, 2.45) is 5.92 Å². The topological polar surface area (TPSA) is 15.3 Å². The Labute approximate surface area is 130 Å². The van der Waals surface area contributed by atoms with Gasteiger partial charge < -0.3 is 10.2 Å². The lowest BCUT2D eigenvalue weighted by Crippen LogP contribution is -2.39. The van der Waals surface area contributed by atoms with Crippen molar-refractivity contribution in [3.63, 3.8) is 0 Å². The van der Waals surface area contributed by atoms with Crippen molar-refractivity contribution in [3.05, 3.63) is 23.8 Å². The Balaban J connectivity index is 1.95. The van der Waals surface area contributed by atoms with Gasteiger partial charge in [-0.15, -0.1) is 0 Å². The third-order valence-electron chi connectivity index (χ3n) is 4.38. The van der Waals surface area contributed by atoms with E-state index >= 15 is 0 Å². The minimum atomic E-state index is -4.05. The van der Waals surface area contributed by atoms with Gasteiger partial charge in [0.1, 0.15) is 0 Å². The fourth-order valence-electron chi connectivity index (χ4n) is 2.91. The average molecular weight is 314 g/mol. The van der Waals surface area contributed by atoms with E-state index in [1.54, 1.807) is 0 Å². The monoisotopic (exact) mass is 314 g/mol. The molecule has 0 aromatic heterocycles. The molecule has 0 saturated carbocycles. The molecule has 1 aliphatic rings. The van der Waals surface area contributed by atoms with Crippen molar-refractivity contribution >= 4 is 11.4 Å². The Morgan fingerprint density at radius 2 is 1.91 bits per heavy atom. The van der Waals surface area contributed by atoms with E-state index in [2.05, 4.69) is 23.2 Å². The second-order valence-electron chi connectivity index (χ2n) is 6.08. The number of halogens is 3. The van der Waals surface area contributed by atoms with Gasteiger partial charge in [-0.3, -0.25) is 0 Å². The number of benzene rings is 1. The van der Waals surface area contributed by atoms with Crippen molar-refractivity contribution in [2.45, 2.75) is 45.7 Å². The second-order valence-corrected chi connectivity index (χ2v) is 6.08. The van der Waals surface area contributed by atoms with Crippen molar-refractivity contribution in [1.82, 2.24) is 0 Å². The standard InChI is InChI=1S/C17H25F3N2/c1-3-4-9-21-16-6-5-15(12-13(16)2)22-10-7-14(8-11-22)17(18,19)20/h5-6,12,14,21H,3-4,7-11H2,1-2H3. The SMILES string of the molecule is CCCCNc1ccc(N2CCC(C(F)(F)F)CC2)cc1C. The molecule has 2 rings (SSSR count). The van der Waals surface area contributed by atoms with Crippen LogP contribution in [0, 0.1) is 12.8 Å². The lowest BCUT2D eigenvalue weighted by atomic mass is 9.96. The second kappa shape index (κ2) is 7.25. The molecule has 5 heteroatoms. The molecule has 1 N–H and O–H groups in total. The van der Waals surface area contributed by atoms with Gasteiger partial charge in [0.2, 0.25) is 0 Å². The summed E-state index contributed by atoms with van der Waals surface area (Å²) >= 11 is 0. The highest BCUT2D eigenvalue weighted by atomic mass is 19.4. The molecule has 0 bridgehead atoms. The van der Waals surface area contributed by atoms with Crippen LogP contribution in [0.15, 0.2) is 18.2 Å². The maximum atomic E-state index is 12.7. The maximum absolute atomic E-state index is 12.7. The largest absolute Gasteiger partial charge is 0.391 e. The highest BCUT2D eigenvalue weighted by Gasteiger charge is 2.41. The van der Waals surface area contributed by atoms with E-state index in [0.29, 0.717) is 13.1 Å². The molecule has 1 fully saturated rings. The lowest BCUT2D eigenvalue weighted by molar-refractivity contribution is -0.179. The Bertz CT molecular complexity index is 477. The number of hydrogen-bond acceptors (Lipinski definition) is 2. The van der Waals surface area contributed by atoms with Crippen LogP contribution in [0.4, 0.5) is 24.5 Å². The van der Waals surface area contributed by atoms with Crippen LogP contribution in [0.1, 0.15) is 38.2 Å². The van der Waals surface area contributed by atoms with Crippen LogP contribution < -0.4 is 10.2 Å². The normalized spacial score (nSPS) is 16.9. The van der Waals surface area contributed by atoms with E-state index in [0.717, 1.165) is 36.3 Å². The third-order valence-corrected chi connectivity index (χ3v) is 4.38. The number of nitrogens with zero attached hydrogens (tertiary/aromatic N) is 1. The van der Waals surface area contributed by atoms with Crippen molar-refractivity contribution < 1.29 is 13.2 Å². The molecule has 1 saturated heterocycles. The number of aryl methyl sites for hydroxylation is 1. The van der Waals surface area contributed by atoms with Gasteiger partial charge in [0.15, 0.2) is 0 Å². The molecule has 0 atom stereocenters. The summed E-state index contributed by atoms with van der Waals surface area (Å²) in [6.07, 6.45) is -1.38. The summed E-state index contributed by atoms with van der Waals surface area (Å²) in [7, 11) is 0. The van der Waals surface area contributed by atoms with Gasteiger partial charge in [-0.2, -0.15) is 13.2 Å². The van der Waals surface area contributed by atoms with Gasteiger partial charge in [-0.25, -0.2) is 0 Å². The van der Waals surface area contributed by atoms with Gasteiger partial charge in [0, 0.05) is 31.0 Å². The van der Waals surface area contributed by atoms with Gasteiger partial charge in [0.05, 0.1) is 5.92 Å². The molecule has 0 amide bonds. The molecule has 1 aromatic rings. The molecular weight excluding hydrogens is 289 g/mol. The van der Waals surface area contributed by atoms with Crippen molar-refractivity contribution in [3.8, 4) is 0 Å². The van der Waals surface area contributed by atoms with Crippen LogP contribution in [-0.4, -0.2) is 25.8 Å². The minimum Gasteiger partial charge on any atom is -0.385 e. The molecule has 124 valence electrons. The predicted octanol–water partition coefficient (Wildman–Crippen LogP) is 4.99. The summed E-state index contributed by atoms with van der Waals surface area (Å²) < 4.78 is 38.1. The molecule has 1 aliphatic heterocycles. The quantitative estimate of drug-likeness (QED) is 0.771. The van der Waals surface area contributed by atoms with E-state index in [9.17, 15) is 13.2 Å². The molecular formula is C17H25F3N2. The molecule has 0 spiro atoms. The minimum absolute atomic E-state index is 0.194. The first-order chi connectivity index (χ1) is 10.4. The predicted molar refractivity (Wildman–Crippen MR) is 85.6 cm³/mol. The molecule has 1 heterocycles. The van der Waals surface area contributed by atoms with Crippen LogP contribution in [0.25, 0.3) is 0 Å². The van der Waals surface area contributed by atoms with Gasteiger partial charge in [0.25, 0.3) is 0 Å². The Morgan fingerprint density at radius 3 is 2.45 bits per heavy atom. The summed E-state index contributed by atoms with van der Waals surface area (Å²) in [6, 6.07) is 6.12. The fourth-order valence-corrected chi connectivity index (χ4v) is 2.91. The van der Waals surface area contributed by atoms with E-state index in [1.807, 2.05) is 19.1 Å². The average Bonchev–Trinajstić information content (AvgIpc) is 2.48. The zero-order valence-corrected chi connectivity index (χ0v) is 13.3. The number of alkyl halides is 3. The highest BCUT2D eigenvalue weighted by molar-refractivity contribution is 5.60. The highest BCUT2D eigenvalue weighted by Crippen LogP contribution is 2.35. The Kier molecular flexibility index (Phi) is 5.59. The molecule has 22 heavy (non-hydrogen) atoms. The molecule has 0 radical (unpaired) electrons. The first kappa shape index (κ1) is 17.0. The van der Waals surface area contributed by atoms with Crippen LogP contribution in [0.2, 0.25) is 0 Å². The van der Waals surface area contributed by atoms with E-state index < -0.39 is 12.1 Å². The lowest BCUT2D eigenvalue weighted by Gasteiger charge is -2.34. The molecule has 0 unspecified atom stereocenters. The Morgan fingerprint density at radius 1 is 1.23 bits per heavy atom. The third kappa shape index (κ3) is 4.31. The summed E-state index contributed by atoms with van der Waals surface area (Å²) in [4.78, 5) is 2.06. The van der Waals surface area contributed by atoms with Gasteiger partial charge >= 0.3 is 6.18 Å². The fraction of sp³-hybridized carbons (Fsp3) is 0.647. The number of nitrogens with one attached hydrogen (secondary N) is 1. The Hall–Kier alpha value is -1.39. The summed E-state index contributed by atoms with van der Waals surface area (Å²) in [5.74, 6) is -1.14. The van der Waals surface area contributed by atoms with Crippen LogP contribution >= 0.6 is 0 Å². The first-order valence-corrected chi connectivity index (χ1v) is 8.08. The smallest absolute Gasteiger partial charge is 0.385 e. The van der Waals surface area contributed by atoms with Gasteiger partial charge in [-0.1, -0.05) is 13.3 Å².